The van der Waals surface area contributed by atoms with Crippen LogP contribution in [-0.4, -0.2) is 13.2 Å². The first-order valence-corrected chi connectivity index (χ1v) is 6.90. The van der Waals surface area contributed by atoms with E-state index in [2.05, 4.69) is 47.9 Å². The SMILES string of the molecule is NNC(CC1CCOC1)c1cccc2ccccc12. The largest absolute Gasteiger partial charge is 0.381 e. The van der Waals surface area contributed by atoms with Crippen LogP contribution in [0.15, 0.2) is 42.5 Å². The zero-order valence-electron chi connectivity index (χ0n) is 11.0. The van der Waals surface area contributed by atoms with Gasteiger partial charge in [0.2, 0.25) is 0 Å². The summed E-state index contributed by atoms with van der Waals surface area (Å²) < 4.78 is 5.46. The van der Waals surface area contributed by atoms with Crippen molar-refractivity contribution in [1.82, 2.24) is 5.43 Å². The summed E-state index contributed by atoms with van der Waals surface area (Å²) in [6.45, 7) is 1.75. The van der Waals surface area contributed by atoms with Crippen LogP contribution >= 0.6 is 0 Å². The second-order valence-electron chi connectivity index (χ2n) is 5.25. The van der Waals surface area contributed by atoms with Crippen molar-refractivity contribution in [2.45, 2.75) is 18.9 Å². The first-order chi connectivity index (χ1) is 9.38. The van der Waals surface area contributed by atoms with Gasteiger partial charge in [-0.3, -0.25) is 11.3 Å². The summed E-state index contributed by atoms with van der Waals surface area (Å²) >= 11 is 0. The number of rotatable bonds is 4. The van der Waals surface area contributed by atoms with Gasteiger partial charge in [0.25, 0.3) is 0 Å². The molecule has 2 atom stereocenters. The van der Waals surface area contributed by atoms with Crippen molar-refractivity contribution in [1.29, 1.82) is 0 Å². The third-order valence-electron chi connectivity index (χ3n) is 3.99. The van der Waals surface area contributed by atoms with Crippen LogP contribution in [0.2, 0.25) is 0 Å². The minimum absolute atomic E-state index is 0.192. The van der Waals surface area contributed by atoms with Crippen molar-refractivity contribution in [3.05, 3.63) is 48.0 Å². The number of fused-ring (bicyclic) bond motifs is 1. The van der Waals surface area contributed by atoms with Crippen LogP contribution in [0.4, 0.5) is 0 Å². The smallest absolute Gasteiger partial charge is 0.0495 e. The van der Waals surface area contributed by atoms with E-state index in [1.165, 1.54) is 16.3 Å². The van der Waals surface area contributed by atoms with Crippen LogP contribution < -0.4 is 11.3 Å². The third-order valence-corrected chi connectivity index (χ3v) is 3.99. The minimum Gasteiger partial charge on any atom is -0.381 e. The molecule has 19 heavy (non-hydrogen) atoms. The molecule has 1 fully saturated rings. The molecule has 0 amide bonds. The molecule has 3 nitrogen and oxygen atoms in total. The molecule has 2 aromatic rings. The summed E-state index contributed by atoms with van der Waals surface area (Å²) in [6, 6.07) is 15.1. The number of hydrogen-bond donors (Lipinski definition) is 2. The maximum absolute atomic E-state index is 5.78. The lowest BCUT2D eigenvalue weighted by molar-refractivity contribution is 0.181. The van der Waals surface area contributed by atoms with Crippen molar-refractivity contribution >= 4 is 10.8 Å². The molecule has 100 valence electrons. The first-order valence-electron chi connectivity index (χ1n) is 6.90. The molecular formula is C16H20N2O. The molecular weight excluding hydrogens is 236 g/mol. The molecule has 0 bridgehead atoms. The van der Waals surface area contributed by atoms with Crippen molar-refractivity contribution in [3.8, 4) is 0 Å². The highest BCUT2D eigenvalue weighted by Crippen LogP contribution is 2.30. The Morgan fingerprint density at radius 1 is 1.21 bits per heavy atom. The van der Waals surface area contributed by atoms with Crippen molar-refractivity contribution in [2.75, 3.05) is 13.2 Å². The van der Waals surface area contributed by atoms with E-state index in [1.807, 2.05) is 0 Å². The third kappa shape index (κ3) is 2.63. The molecule has 3 heteroatoms. The fourth-order valence-electron chi connectivity index (χ4n) is 2.94. The quantitative estimate of drug-likeness (QED) is 0.653. The van der Waals surface area contributed by atoms with Gasteiger partial charge in [0.1, 0.15) is 0 Å². The lowest BCUT2D eigenvalue weighted by Crippen LogP contribution is -2.30. The number of nitrogens with two attached hydrogens (primary N) is 1. The van der Waals surface area contributed by atoms with Crippen molar-refractivity contribution in [2.24, 2.45) is 11.8 Å². The number of hydrazine groups is 1. The number of hydrogen-bond acceptors (Lipinski definition) is 3. The Morgan fingerprint density at radius 2 is 2.05 bits per heavy atom. The molecule has 1 saturated heterocycles. The van der Waals surface area contributed by atoms with E-state index in [4.69, 9.17) is 10.6 Å². The zero-order chi connectivity index (χ0) is 13.1. The summed E-state index contributed by atoms with van der Waals surface area (Å²) in [5.41, 5.74) is 4.27. The van der Waals surface area contributed by atoms with Crippen LogP contribution in [0.25, 0.3) is 10.8 Å². The van der Waals surface area contributed by atoms with Gasteiger partial charge in [0.05, 0.1) is 0 Å². The highest BCUT2D eigenvalue weighted by molar-refractivity contribution is 5.86. The Labute approximate surface area is 113 Å². The summed E-state index contributed by atoms with van der Waals surface area (Å²) in [5.74, 6) is 6.39. The van der Waals surface area contributed by atoms with Crippen LogP contribution in [-0.2, 0) is 4.74 Å². The van der Waals surface area contributed by atoms with E-state index in [0.29, 0.717) is 5.92 Å². The van der Waals surface area contributed by atoms with Gasteiger partial charge in [-0.15, -0.1) is 0 Å². The molecule has 0 radical (unpaired) electrons. The number of benzene rings is 2. The Hall–Kier alpha value is -1.42. The van der Waals surface area contributed by atoms with Crippen LogP contribution in [0.5, 0.6) is 0 Å². The molecule has 1 aliphatic rings. The molecule has 0 aromatic heterocycles. The second kappa shape index (κ2) is 5.70. The Kier molecular flexibility index (Phi) is 3.78. The van der Waals surface area contributed by atoms with Gasteiger partial charge in [-0.2, -0.15) is 0 Å². The second-order valence-corrected chi connectivity index (χ2v) is 5.25. The predicted molar refractivity (Wildman–Crippen MR) is 77.6 cm³/mol. The molecule has 1 aliphatic heterocycles. The summed E-state index contributed by atoms with van der Waals surface area (Å²) in [6.07, 6.45) is 2.17. The molecule has 0 spiro atoms. The maximum atomic E-state index is 5.78. The number of nitrogens with one attached hydrogen (secondary N) is 1. The first kappa shape index (κ1) is 12.6. The van der Waals surface area contributed by atoms with Gasteiger partial charge in [-0.05, 0) is 35.1 Å². The van der Waals surface area contributed by atoms with Gasteiger partial charge in [-0.1, -0.05) is 42.5 Å². The summed E-state index contributed by atoms with van der Waals surface area (Å²) in [5, 5.41) is 2.55. The standard InChI is InChI=1S/C16H20N2O/c17-18-16(10-12-8-9-19-11-12)15-7-3-5-13-4-1-2-6-14(13)15/h1-7,12,16,18H,8-11,17H2. The Morgan fingerprint density at radius 3 is 2.84 bits per heavy atom. The molecule has 2 unspecified atom stereocenters. The van der Waals surface area contributed by atoms with Gasteiger partial charge in [0.15, 0.2) is 0 Å². The van der Waals surface area contributed by atoms with E-state index in [1.54, 1.807) is 0 Å². The van der Waals surface area contributed by atoms with E-state index in [-0.39, 0.29) is 6.04 Å². The number of ether oxygens (including phenoxy) is 1. The average Bonchev–Trinajstić information content (AvgIpc) is 2.97. The highest BCUT2D eigenvalue weighted by Gasteiger charge is 2.22. The van der Waals surface area contributed by atoms with Crippen LogP contribution in [0.3, 0.4) is 0 Å². The minimum atomic E-state index is 0.192. The fourth-order valence-corrected chi connectivity index (χ4v) is 2.94. The predicted octanol–water partition coefficient (Wildman–Crippen LogP) is 2.77. The Balaban J connectivity index is 1.91. The topological polar surface area (TPSA) is 47.3 Å². The molecule has 0 saturated carbocycles. The van der Waals surface area contributed by atoms with Gasteiger partial charge in [-0.25, -0.2) is 0 Å². The van der Waals surface area contributed by atoms with Gasteiger partial charge >= 0.3 is 0 Å². The zero-order valence-corrected chi connectivity index (χ0v) is 11.0. The van der Waals surface area contributed by atoms with Gasteiger partial charge < -0.3 is 4.74 Å². The van der Waals surface area contributed by atoms with Crippen LogP contribution in [0, 0.1) is 5.92 Å². The normalized spacial score (nSPS) is 20.8. The van der Waals surface area contributed by atoms with E-state index < -0.39 is 0 Å². The molecule has 1 heterocycles. The monoisotopic (exact) mass is 256 g/mol. The molecule has 3 rings (SSSR count). The summed E-state index contributed by atoms with van der Waals surface area (Å²) in [4.78, 5) is 0. The average molecular weight is 256 g/mol. The fraction of sp³-hybridized carbons (Fsp3) is 0.375. The van der Waals surface area contributed by atoms with Gasteiger partial charge in [0, 0.05) is 19.3 Å². The lowest BCUT2D eigenvalue weighted by atomic mass is 9.91. The van der Waals surface area contributed by atoms with Crippen molar-refractivity contribution < 1.29 is 4.74 Å². The molecule has 3 N–H and O–H groups in total. The van der Waals surface area contributed by atoms with E-state index in [0.717, 1.165) is 26.1 Å². The maximum Gasteiger partial charge on any atom is 0.0495 e. The molecule has 0 aliphatic carbocycles. The Bertz CT molecular complexity index is 544. The van der Waals surface area contributed by atoms with Crippen molar-refractivity contribution in [3.63, 3.8) is 0 Å². The van der Waals surface area contributed by atoms with E-state index in [9.17, 15) is 0 Å². The highest BCUT2D eigenvalue weighted by atomic mass is 16.5. The molecule has 2 aromatic carbocycles. The van der Waals surface area contributed by atoms with E-state index >= 15 is 0 Å². The van der Waals surface area contributed by atoms with Crippen LogP contribution in [0.1, 0.15) is 24.4 Å². The lowest BCUT2D eigenvalue weighted by Gasteiger charge is -2.21. The summed E-state index contributed by atoms with van der Waals surface area (Å²) in [7, 11) is 0.